The topological polar surface area (TPSA) is 126 Å². The molecular weight excluding hydrogens is 396 g/mol. The number of hydrogen-bond acceptors (Lipinski definition) is 9. The average Bonchev–Trinajstić information content (AvgIpc) is 2.71. The van der Waals surface area contributed by atoms with Gasteiger partial charge in [-0.15, -0.1) is 0 Å². The minimum Gasteiger partial charge on any atom is -0.497 e. The number of esters is 1. The van der Waals surface area contributed by atoms with E-state index in [1.807, 2.05) is 6.92 Å². The van der Waals surface area contributed by atoms with Crippen LogP contribution in [-0.2, 0) is 9.53 Å². The monoisotopic (exact) mass is 420 g/mol. The van der Waals surface area contributed by atoms with Crippen LogP contribution in [-0.4, -0.2) is 47.9 Å². The fourth-order valence-corrected chi connectivity index (χ4v) is 3.23. The van der Waals surface area contributed by atoms with Crippen LogP contribution in [0.5, 0.6) is 11.5 Å². The summed E-state index contributed by atoms with van der Waals surface area (Å²) >= 11 is 1.15. The van der Waals surface area contributed by atoms with Crippen molar-refractivity contribution in [2.75, 3.05) is 31.9 Å². The lowest BCUT2D eigenvalue weighted by Crippen LogP contribution is -2.25. The Bertz CT molecular complexity index is 878. The highest BCUT2D eigenvalue weighted by atomic mass is 32.2. The molecule has 1 heterocycles. The molecule has 0 radical (unpaired) electrons. The van der Waals surface area contributed by atoms with Gasteiger partial charge < -0.3 is 25.3 Å². The maximum absolute atomic E-state index is 12.8. The summed E-state index contributed by atoms with van der Waals surface area (Å²) < 4.78 is 15.4. The van der Waals surface area contributed by atoms with Gasteiger partial charge >= 0.3 is 5.97 Å². The van der Waals surface area contributed by atoms with Crippen molar-refractivity contribution in [3.05, 3.63) is 30.0 Å². The Morgan fingerprint density at radius 2 is 2.00 bits per heavy atom. The zero-order valence-electron chi connectivity index (χ0n) is 16.7. The summed E-state index contributed by atoms with van der Waals surface area (Å²) in [5.41, 5.74) is 6.43. The van der Waals surface area contributed by atoms with Gasteiger partial charge in [-0.05, 0) is 25.5 Å². The van der Waals surface area contributed by atoms with Gasteiger partial charge in [-0.25, -0.2) is 14.8 Å². The molecule has 2 aromatic rings. The number of amides is 1. The Balaban J connectivity index is 2.15. The lowest BCUT2D eigenvalue weighted by atomic mass is 10.2. The fourth-order valence-electron chi connectivity index (χ4n) is 2.38. The summed E-state index contributed by atoms with van der Waals surface area (Å²) in [6.45, 7) is 3.79. The number of carbonyl (C=O) groups is 2. The average molecular weight is 420 g/mol. The lowest BCUT2D eigenvalue weighted by Gasteiger charge is -2.16. The minimum atomic E-state index is -0.587. The molecule has 0 saturated heterocycles. The van der Waals surface area contributed by atoms with Gasteiger partial charge in [0.15, 0.2) is 5.16 Å². The van der Waals surface area contributed by atoms with Crippen LogP contribution in [0.4, 0.5) is 11.5 Å². The Morgan fingerprint density at radius 1 is 1.24 bits per heavy atom. The SMILES string of the molecule is CCOC(=O)c1cnc(S[C@@H](CC)C(=O)Nc2cc(OC)ccc2OC)nc1N. The van der Waals surface area contributed by atoms with Crippen LogP contribution in [0.25, 0.3) is 0 Å². The number of anilines is 2. The number of rotatable bonds is 9. The molecule has 0 aliphatic heterocycles. The summed E-state index contributed by atoms with van der Waals surface area (Å²) in [5.74, 6) is 0.272. The molecule has 10 heteroatoms. The van der Waals surface area contributed by atoms with Gasteiger partial charge in [0.05, 0.1) is 31.8 Å². The summed E-state index contributed by atoms with van der Waals surface area (Å²) in [4.78, 5) is 32.8. The molecule has 0 unspecified atom stereocenters. The van der Waals surface area contributed by atoms with Gasteiger partial charge in [-0.2, -0.15) is 0 Å². The number of nitrogens with zero attached hydrogens (tertiary/aromatic N) is 2. The van der Waals surface area contributed by atoms with Gasteiger partial charge in [-0.1, -0.05) is 18.7 Å². The van der Waals surface area contributed by atoms with Crippen LogP contribution in [0, 0.1) is 0 Å². The van der Waals surface area contributed by atoms with E-state index in [1.54, 1.807) is 32.2 Å². The highest BCUT2D eigenvalue weighted by molar-refractivity contribution is 8.00. The van der Waals surface area contributed by atoms with E-state index in [0.29, 0.717) is 23.6 Å². The number of nitrogen functional groups attached to an aromatic ring is 1. The van der Waals surface area contributed by atoms with Crippen molar-refractivity contribution in [1.29, 1.82) is 0 Å². The first-order valence-electron chi connectivity index (χ1n) is 8.92. The molecule has 156 valence electrons. The van der Waals surface area contributed by atoms with E-state index in [2.05, 4.69) is 15.3 Å². The van der Waals surface area contributed by atoms with E-state index in [0.717, 1.165) is 11.8 Å². The molecule has 29 heavy (non-hydrogen) atoms. The highest BCUT2D eigenvalue weighted by Gasteiger charge is 2.22. The molecular formula is C19H24N4O5S. The normalized spacial score (nSPS) is 11.4. The maximum Gasteiger partial charge on any atom is 0.343 e. The molecule has 0 fully saturated rings. The number of benzene rings is 1. The highest BCUT2D eigenvalue weighted by Crippen LogP contribution is 2.31. The van der Waals surface area contributed by atoms with Crippen LogP contribution in [0.3, 0.4) is 0 Å². The van der Waals surface area contributed by atoms with E-state index in [1.165, 1.54) is 13.3 Å². The predicted octanol–water partition coefficient (Wildman–Crippen LogP) is 2.76. The number of carbonyl (C=O) groups excluding carboxylic acids is 2. The van der Waals surface area contributed by atoms with Crippen molar-refractivity contribution in [1.82, 2.24) is 9.97 Å². The van der Waals surface area contributed by atoms with E-state index in [-0.39, 0.29) is 29.1 Å². The minimum absolute atomic E-state index is 0.00526. The Hall–Kier alpha value is -3.01. The second-order valence-corrected chi connectivity index (χ2v) is 6.91. The van der Waals surface area contributed by atoms with Crippen molar-refractivity contribution >= 4 is 35.1 Å². The molecule has 9 nitrogen and oxygen atoms in total. The predicted molar refractivity (Wildman–Crippen MR) is 111 cm³/mol. The Kier molecular flexibility index (Phi) is 8.08. The molecule has 0 aliphatic carbocycles. The molecule has 3 N–H and O–H groups in total. The first-order chi connectivity index (χ1) is 13.9. The third-order valence-electron chi connectivity index (χ3n) is 3.87. The third-order valence-corrected chi connectivity index (χ3v) is 5.11. The van der Waals surface area contributed by atoms with Gasteiger partial charge in [0.2, 0.25) is 5.91 Å². The first-order valence-corrected chi connectivity index (χ1v) is 9.80. The third kappa shape index (κ3) is 5.74. The van der Waals surface area contributed by atoms with Gasteiger partial charge in [-0.3, -0.25) is 4.79 Å². The second kappa shape index (κ2) is 10.5. The van der Waals surface area contributed by atoms with E-state index in [9.17, 15) is 9.59 Å². The maximum atomic E-state index is 12.8. The number of thioether (sulfide) groups is 1. The first kappa shape index (κ1) is 22.3. The van der Waals surface area contributed by atoms with E-state index >= 15 is 0 Å². The van der Waals surface area contributed by atoms with Crippen LogP contribution in [0.1, 0.15) is 30.6 Å². The van der Waals surface area contributed by atoms with Gasteiger partial charge in [0, 0.05) is 12.3 Å². The number of aromatic nitrogens is 2. The lowest BCUT2D eigenvalue weighted by molar-refractivity contribution is -0.115. The van der Waals surface area contributed by atoms with Crippen molar-refractivity contribution in [2.45, 2.75) is 30.7 Å². The number of nitrogens with one attached hydrogen (secondary N) is 1. The number of nitrogens with two attached hydrogens (primary N) is 1. The quantitative estimate of drug-likeness (QED) is 0.358. The number of ether oxygens (including phenoxy) is 3. The molecule has 0 aliphatic rings. The smallest absolute Gasteiger partial charge is 0.343 e. The molecule has 1 amide bonds. The second-order valence-electron chi connectivity index (χ2n) is 5.74. The van der Waals surface area contributed by atoms with E-state index < -0.39 is 11.2 Å². The largest absolute Gasteiger partial charge is 0.497 e. The molecule has 1 aromatic carbocycles. The van der Waals surface area contributed by atoms with Crippen LogP contribution < -0.4 is 20.5 Å². The van der Waals surface area contributed by atoms with Crippen molar-refractivity contribution in [3.8, 4) is 11.5 Å². The van der Waals surface area contributed by atoms with Crippen LogP contribution in [0.2, 0.25) is 0 Å². The molecule has 2 rings (SSSR count). The Morgan fingerprint density at radius 3 is 2.59 bits per heavy atom. The van der Waals surface area contributed by atoms with Crippen molar-refractivity contribution in [3.63, 3.8) is 0 Å². The molecule has 1 atom stereocenters. The van der Waals surface area contributed by atoms with Crippen LogP contribution in [0.15, 0.2) is 29.6 Å². The summed E-state index contributed by atoms with van der Waals surface area (Å²) in [7, 11) is 3.06. The van der Waals surface area contributed by atoms with Crippen molar-refractivity contribution in [2.24, 2.45) is 0 Å². The Labute approximate surface area is 173 Å². The number of hydrogen-bond donors (Lipinski definition) is 2. The summed E-state index contributed by atoms with van der Waals surface area (Å²) in [5, 5.41) is 2.64. The summed E-state index contributed by atoms with van der Waals surface area (Å²) in [6.07, 6.45) is 1.82. The molecule has 0 bridgehead atoms. The zero-order valence-corrected chi connectivity index (χ0v) is 17.5. The molecule has 0 spiro atoms. The standard InChI is InChI=1S/C19H24N4O5S/c1-5-15(17(24)22-13-9-11(26-3)7-8-14(13)27-4)29-19-21-10-12(16(20)23-19)18(25)28-6-2/h7-10,15H,5-6H2,1-4H3,(H,22,24)(H2,20,21,23)/t15-/m0/s1. The zero-order chi connectivity index (χ0) is 21.4. The van der Waals surface area contributed by atoms with Gasteiger partial charge in [0.1, 0.15) is 22.9 Å². The van der Waals surface area contributed by atoms with Crippen LogP contribution >= 0.6 is 11.8 Å². The number of methoxy groups -OCH3 is 2. The fraction of sp³-hybridized carbons (Fsp3) is 0.368. The molecule has 0 saturated carbocycles. The molecule has 1 aromatic heterocycles. The van der Waals surface area contributed by atoms with E-state index in [4.69, 9.17) is 19.9 Å². The van der Waals surface area contributed by atoms with Crippen molar-refractivity contribution < 1.29 is 23.8 Å². The summed E-state index contributed by atoms with van der Waals surface area (Å²) in [6, 6.07) is 5.12. The van der Waals surface area contributed by atoms with Gasteiger partial charge in [0.25, 0.3) is 0 Å².